The fourth-order valence-electron chi connectivity index (χ4n) is 3.07. The van der Waals surface area contributed by atoms with Crippen LogP contribution in [0.3, 0.4) is 0 Å². The van der Waals surface area contributed by atoms with Crippen molar-refractivity contribution in [2.45, 2.75) is 45.6 Å². The first-order valence-electron chi connectivity index (χ1n) is 9.26. The average Bonchev–Trinajstić information content (AvgIpc) is 2.67. The van der Waals surface area contributed by atoms with Crippen molar-refractivity contribution in [3.63, 3.8) is 0 Å². The van der Waals surface area contributed by atoms with Gasteiger partial charge in [-0.2, -0.15) is 0 Å². The Morgan fingerprint density at radius 1 is 1.31 bits per heavy atom. The van der Waals surface area contributed by atoms with Crippen LogP contribution in [0.4, 0.5) is 10.3 Å². The van der Waals surface area contributed by atoms with E-state index in [2.05, 4.69) is 22.2 Å². The van der Waals surface area contributed by atoms with E-state index in [0.717, 1.165) is 49.0 Å². The van der Waals surface area contributed by atoms with E-state index in [1.54, 1.807) is 12.1 Å². The number of anilines is 1. The second-order valence-electron chi connectivity index (χ2n) is 6.64. The van der Waals surface area contributed by atoms with Crippen LogP contribution >= 0.6 is 0 Å². The summed E-state index contributed by atoms with van der Waals surface area (Å²) in [7, 11) is 0. The molecular formula is C20H25FN4O. The highest BCUT2D eigenvalue weighted by Crippen LogP contribution is 2.19. The molecule has 1 N–H and O–H groups in total. The maximum atomic E-state index is 12.9. The minimum atomic E-state index is -0.220. The fraction of sp³-hybridized carbons (Fsp3) is 0.450. The Hall–Kier alpha value is -2.50. The second-order valence-corrected chi connectivity index (χ2v) is 6.64. The number of halogens is 1. The molecule has 0 bridgehead atoms. The summed E-state index contributed by atoms with van der Waals surface area (Å²) in [6, 6.07) is 6.51. The van der Waals surface area contributed by atoms with E-state index in [1.165, 1.54) is 12.1 Å². The molecule has 0 spiro atoms. The molecule has 0 atom stereocenters. The smallest absolute Gasteiger partial charge is 0.222 e. The first-order chi connectivity index (χ1) is 12.7. The van der Waals surface area contributed by atoms with Gasteiger partial charge in [0.25, 0.3) is 0 Å². The quantitative estimate of drug-likeness (QED) is 0.827. The number of benzene rings is 1. The second kappa shape index (κ2) is 8.74. The summed E-state index contributed by atoms with van der Waals surface area (Å²) in [5.41, 5.74) is 3.12. The zero-order chi connectivity index (χ0) is 18.4. The van der Waals surface area contributed by atoms with Gasteiger partial charge < -0.3 is 10.2 Å². The lowest BCUT2D eigenvalue weighted by atomic mass is 10.1. The maximum absolute atomic E-state index is 12.9. The molecule has 0 saturated carbocycles. The van der Waals surface area contributed by atoms with Gasteiger partial charge in [0, 0.05) is 44.2 Å². The highest BCUT2D eigenvalue weighted by atomic mass is 19.1. The van der Waals surface area contributed by atoms with Gasteiger partial charge in [0.15, 0.2) is 0 Å². The molecule has 2 aromatic rings. The van der Waals surface area contributed by atoms with Gasteiger partial charge in [-0.3, -0.25) is 4.79 Å². The van der Waals surface area contributed by atoms with E-state index < -0.39 is 0 Å². The van der Waals surface area contributed by atoms with Gasteiger partial charge in [-0.15, -0.1) is 0 Å². The number of aromatic nitrogens is 2. The Morgan fingerprint density at radius 2 is 2.12 bits per heavy atom. The van der Waals surface area contributed by atoms with Crippen molar-refractivity contribution in [3.8, 4) is 0 Å². The van der Waals surface area contributed by atoms with Crippen LogP contribution in [-0.4, -0.2) is 33.9 Å². The average molecular weight is 356 g/mol. The monoisotopic (exact) mass is 356 g/mol. The number of unbranched alkanes of at least 4 members (excludes halogenated alkanes) is 1. The molecule has 3 rings (SSSR count). The molecule has 0 radical (unpaired) electrons. The normalized spacial score (nSPS) is 13.4. The number of carbonyl (C=O) groups excluding carboxylic acids is 1. The van der Waals surface area contributed by atoms with Gasteiger partial charge in [0.1, 0.15) is 5.82 Å². The van der Waals surface area contributed by atoms with Crippen molar-refractivity contribution in [1.29, 1.82) is 0 Å². The summed E-state index contributed by atoms with van der Waals surface area (Å²) in [5.74, 6) is 0.609. The third kappa shape index (κ3) is 4.77. The molecular weight excluding hydrogens is 331 g/mol. The lowest BCUT2D eigenvalue weighted by Gasteiger charge is -2.28. The number of hydrogen-bond donors (Lipinski definition) is 1. The Kier molecular flexibility index (Phi) is 6.15. The zero-order valence-electron chi connectivity index (χ0n) is 15.2. The van der Waals surface area contributed by atoms with Gasteiger partial charge in [-0.1, -0.05) is 25.5 Å². The summed E-state index contributed by atoms with van der Waals surface area (Å²) in [6.45, 7) is 4.11. The van der Waals surface area contributed by atoms with Crippen molar-refractivity contribution >= 4 is 11.9 Å². The van der Waals surface area contributed by atoms with Crippen molar-refractivity contribution in [2.24, 2.45) is 0 Å². The molecule has 5 nitrogen and oxygen atoms in total. The molecule has 1 amide bonds. The molecule has 0 unspecified atom stereocenters. The Labute approximate surface area is 153 Å². The van der Waals surface area contributed by atoms with Crippen LogP contribution in [0.1, 0.15) is 43.0 Å². The SMILES string of the molecule is CCCCC(=O)N1CCc2nc(NCCc3ccc(F)cc3)ncc2C1. The maximum Gasteiger partial charge on any atom is 0.222 e. The number of nitrogens with zero attached hydrogens (tertiary/aromatic N) is 3. The predicted octanol–water partition coefficient (Wildman–Crippen LogP) is 3.35. The van der Waals surface area contributed by atoms with Crippen molar-refractivity contribution in [1.82, 2.24) is 14.9 Å². The first kappa shape index (κ1) is 18.3. The molecule has 1 aliphatic heterocycles. The molecule has 0 fully saturated rings. The Morgan fingerprint density at radius 3 is 2.88 bits per heavy atom. The van der Waals surface area contributed by atoms with Crippen LogP contribution in [0, 0.1) is 5.82 Å². The number of rotatable bonds is 7. The first-order valence-corrected chi connectivity index (χ1v) is 9.26. The molecule has 1 aromatic carbocycles. The van der Waals surface area contributed by atoms with Crippen molar-refractivity contribution in [3.05, 3.63) is 53.1 Å². The molecule has 0 aliphatic carbocycles. The van der Waals surface area contributed by atoms with Crippen LogP contribution in [0.25, 0.3) is 0 Å². The van der Waals surface area contributed by atoms with Crippen molar-refractivity contribution < 1.29 is 9.18 Å². The number of nitrogens with one attached hydrogen (secondary N) is 1. The van der Waals surface area contributed by atoms with E-state index in [4.69, 9.17) is 0 Å². The molecule has 2 heterocycles. The summed E-state index contributed by atoms with van der Waals surface area (Å²) in [5, 5.41) is 3.22. The Balaban J connectivity index is 1.53. The third-order valence-electron chi connectivity index (χ3n) is 4.64. The molecule has 6 heteroatoms. The van der Waals surface area contributed by atoms with Crippen LogP contribution < -0.4 is 5.32 Å². The molecule has 1 aromatic heterocycles. The van der Waals surface area contributed by atoms with Crippen LogP contribution in [0.5, 0.6) is 0 Å². The van der Waals surface area contributed by atoms with Crippen LogP contribution in [0.15, 0.2) is 30.5 Å². The fourth-order valence-corrected chi connectivity index (χ4v) is 3.07. The Bertz CT molecular complexity index is 748. The van der Waals surface area contributed by atoms with Gasteiger partial charge in [-0.05, 0) is 30.5 Å². The summed E-state index contributed by atoms with van der Waals surface area (Å²) >= 11 is 0. The van der Waals surface area contributed by atoms with Crippen LogP contribution in [0.2, 0.25) is 0 Å². The summed E-state index contributed by atoms with van der Waals surface area (Å²) in [6.07, 6.45) is 5.96. The predicted molar refractivity (Wildman–Crippen MR) is 99.3 cm³/mol. The molecule has 26 heavy (non-hydrogen) atoms. The minimum Gasteiger partial charge on any atom is -0.354 e. The van der Waals surface area contributed by atoms with Gasteiger partial charge in [-0.25, -0.2) is 14.4 Å². The molecule has 138 valence electrons. The minimum absolute atomic E-state index is 0.220. The lowest BCUT2D eigenvalue weighted by Crippen LogP contribution is -2.36. The zero-order valence-corrected chi connectivity index (χ0v) is 15.2. The van der Waals surface area contributed by atoms with Gasteiger partial charge in [0.2, 0.25) is 11.9 Å². The standard InChI is InChI=1S/C20H25FN4O/c1-2-3-4-19(26)25-12-10-18-16(14-25)13-23-20(24-18)22-11-9-15-5-7-17(21)8-6-15/h5-8,13H,2-4,9-12,14H2,1H3,(H,22,23,24). The number of carbonyl (C=O) groups is 1. The number of fused-ring (bicyclic) bond motifs is 1. The van der Waals surface area contributed by atoms with E-state index in [-0.39, 0.29) is 11.7 Å². The van der Waals surface area contributed by atoms with Gasteiger partial charge >= 0.3 is 0 Å². The topological polar surface area (TPSA) is 58.1 Å². The van der Waals surface area contributed by atoms with E-state index in [9.17, 15) is 9.18 Å². The molecule has 0 saturated heterocycles. The van der Waals surface area contributed by atoms with Crippen LogP contribution in [-0.2, 0) is 24.2 Å². The third-order valence-corrected chi connectivity index (χ3v) is 4.64. The van der Waals surface area contributed by atoms with Crippen molar-refractivity contribution in [2.75, 3.05) is 18.4 Å². The highest BCUT2D eigenvalue weighted by Gasteiger charge is 2.21. The van der Waals surface area contributed by atoms with Gasteiger partial charge in [0.05, 0.1) is 5.69 Å². The van der Waals surface area contributed by atoms with E-state index in [0.29, 0.717) is 25.5 Å². The molecule has 1 aliphatic rings. The largest absolute Gasteiger partial charge is 0.354 e. The lowest BCUT2D eigenvalue weighted by molar-refractivity contribution is -0.132. The summed E-state index contributed by atoms with van der Waals surface area (Å²) in [4.78, 5) is 23.1. The number of amides is 1. The van der Waals surface area contributed by atoms with E-state index >= 15 is 0 Å². The van der Waals surface area contributed by atoms with E-state index in [1.807, 2.05) is 11.1 Å². The number of hydrogen-bond acceptors (Lipinski definition) is 4. The summed E-state index contributed by atoms with van der Waals surface area (Å²) < 4.78 is 12.9. The highest BCUT2D eigenvalue weighted by molar-refractivity contribution is 5.76.